The number of hydrogen-bond donors (Lipinski definition) is 1. The standard InChI is InChI=1S/C20H21N3O2/c1-3-4-13-25-20(24)18-19(21-15-11-9-14(2)10-12-15)23-17-8-6-5-7-16(17)22-18/h5-12H,3-4,13H2,1-2H3,(H,21,23). The quantitative estimate of drug-likeness (QED) is 0.525. The lowest BCUT2D eigenvalue weighted by atomic mass is 10.2. The van der Waals surface area contributed by atoms with Crippen molar-refractivity contribution in [2.45, 2.75) is 26.7 Å². The van der Waals surface area contributed by atoms with Crippen molar-refractivity contribution >= 4 is 28.5 Å². The highest BCUT2D eigenvalue weighted by molar-refractivity contribution is 5.96. The van der Waals surface area contributed by atoms with E-state index in [0.717, 1.165) is 29.6 Å². The number of para-hydroxylation sites is 2. The number of nitrogens with one attached hydrogen (secondary N) is 1. The SMILES string of the molecule is CCCCOC(=O)c1nc2ccccc2nc1Nc1ccc(C)cc1. The molecule has 0 unspecified atom stereocenters. The second kappa shape index (κ2) is 7.75. The lowest BCUT2D eigenvalue weighted by molar-refractivity contribution is 0.0494. The Hall–Kier alpha value is -2.95. The van der Waals surface area contributed by atoms with E-state index >= 15 is 0 Å². The number of anilines is 2. The minimum absolute atomic E-state index is 0.204. The summed E-state index contributed by atoms with van der Waals surface area (Å²) in [5, 5.41) is 3.19. The Labute approximate surface area is 147 Å². The van der Waals surface area contributed by atoms with Crippen molar-refractivity contribution in [3.05, 3.63) is 59.8 Å². The minimum Gasteiger partial charge on any atom is -0.461 e. The molecule has 0 aliphatic rings. The zero-order valence-electron chi connectivity index (χ0n) is 14.5. The molecule has 2 aromatic carbocycles. The van der Waals surface area contributed by atoms with Gasteiger partial charge in [0.1, 0.15) is 0 Å². The summed E-state index contributed by atoms with van der Waals surface area (Å²) in [6.07, 6.45) is 1.79. The van der Waals surface area contributed by atoms with Crippen molar-refractivity contribution in [1.82, 2.24) is 9.97 Å². The molecule has 0 bridgehead atoms. The first-order valence-corrected chi connectivity index (χ1v) is 8.45. The number of ether oxygens (including phenoxy) is 1. The van der Waals surface area contributed by atoms with Gasteiger partial charge in [0, 0.05) is 5.69 Å². The van der Waals surface area contributed by atoms with Gasteiger partial charge in [0.15, 0.2) is 11.5 Å². The van der Waals surface area contributed by atoms with E-state index in [1.165, 1.54) is 0 Å². The molecule has 1 N–H and O–H groups in total. The number of unbranched alkanes of at least 4 members (excludes halogenated alkanes) is 1. The Balaban J connectivity index is 1.96. The van der Waals surface area contributed by atoms with Gasteiger partial charge in [0.2, 0.25) is 0 Å². The highest BCUT2D eigenvalue weighted by Gasteiger charge is 2.18. The third-order valence-electron chi connectivity index (χ3n) is 3.81. The van der Waals surface area contributed by atoms with Crippen LogP contribution >= 0.6 is 0 Å². The van der Waals surface area contributed by atoms with E-state index in [9.17, 15) is 4.79 Å². The van der Waals surface area contributed by atoms with Gasteiger partial charge in [0.25, 0.3) is 0 Å². The Morgan fingerprint density at radius 3 is 2.40 bits per heavy atom. The first-order valence-electron chi connectivity index (χ1n) is 8.45. The monoisotopic (exact) mass is 335 g/mol. The summed E-state index contributed by atoms with van der Waals surface area (Å²) >= 11 is 0. The number of benzene rings is 2. The van der Waals surface area contributed by atoms with Crippen LogP contribution in [0.15, 0.2) is 48.5 Å². The lowest BCUT2D eigenvalue weighted by Gasteiger charge is -2.12. The van der Waals surface area contributed by atoms with Crippen molar-refractivity contribution in [3.8, 4) is 0 Å². The fourth-order valence-electron chi connectivity index (χ4n) is 2.38. The van der Waals surface area contributed by atoms with E-state index in [4.69, 9.17) is 4.74 Å². The molecule has 0 saturated heterocycles. The zero-order chi connectivity index (χ0) is 17.6. The predicted octanol–water partition coefficient (Wildman–Crippen LogP) is 4.64. The lowest BCUT2D eigenvalue weighted by Crippen LogP contribution is -2.13. The highest BCUT2D eigenvalue weighted by atomic mass is 16.5. The summed E-state index contributed by atoms with van der Waals surface area (Å²) in [5.74, 6) is -0.0506. The average molecular weight is 335 g/mol. The van der Waals surface area contributed by atoms with Crippen LogP contribution in [0.4, 0.5) is 11.5 Å². The Morgan fingerprint density at radius 2 is 1.72 bits per heavy atom. The Morgan fingerprint density at radius 1 is 1.04 bits per heavy atom. The minimum atomic E-state index is -0.457. The van der Waals surface area contributed by atoms with E-state index in [-0.39, 0.29) is 5.69 Å². The van der Waals surface area contributed by atoms with Crippen LogP contribution < -0.4 is 5.32 Å². The van der Waals surface area contributed by atoms with Crippen LogP contribution in [-0.4, -0.2) is 22.5 Å². The summed E-state index contributed by atoms with van der Waals surface area (Å²) in [4.78, 5) is 21.5. The van der Waals surface area contributed by atoms with Crippen LogP contribution in [0.3, 0.4) is 0 Å². The predicted molar refractivity (Wildman–Crippen MR) is 99.2 cm³/mol. The molecule has 5 heteroatoms. The van der Waals surface area contributed by atoms with Crippen LogP contribution in [0.5, 0.6) is 0 Å². The second-order valence-electron chi connectivity index (χ2n) is 5.89. The number of carbonyl (C=O) groups is 1. The summed E-state index contributed by atoms with van der Waals surface area (Å²) < 4.78 is 5.33. The molecule has 0 aliphatic heterocycles. The van der Waals surface area contributed by atoms with Crippen LogP contribution in [-0.2, 0) is 4.74 Å². The van der Waals surface area contributed by atoms with E-state index < -0.39 is 5.97 Å². The molecule has 0 radical (unpaired) electrons. The normalized spacial score (nSPS) is 10.6. The zero-order valence-corrected chi connectivity index (χ0v) is 14.5. The Bertz CT molecular complexity index is 876. The number of carbonyl (C=O) groups excluding carboxylic acids is 1. The maximum atomic E-state index is 12.5. The van der Waals surface area contributed by atoms with Gasteiger partial charge in [-0.15, -0.1) is 0 Å². The van der Waals surface area contributed by atoms with Gasteiger partial charge in [-0.1, -0.05) is 43.2 Å². The number of aryl methyl sites for hydroxylation is 1. The van der Waals surface area contributed by atoms with Crippen LogP contribution in [0.2, 0.25) is 0 Å². The first-order chi connectivity index (χ1) is 12.2. The van der Waals surface area contributed by atoms with Gasteiger partial charge in [0.05, 0.1) is 17.6 Å². The third-order valence-corrected chi connectivity index (χ3v) is 3.81. The number of rotatable bonds is 6. The van der Waals surface area contributed by atoms with E-state index in [0.29, 0.717) is 17.9 Å². The average Bonchev–Trinajstić information content (AvgIpc) is 2.63. The highest BCUT2D eigenvalue weighted by Crippen LogP contribution is 2.22. The number of nitrogens with zero attached hydrogens (tertiary/aromatic N) is 2. The molecule has 0 spiro atoms. The first kappa shape index (κ1) is 16.9. The second-order valence-corrected chi connectivity index (χ2v) is 5.89. The summed E-state index contributed by atoms with van der Waals surface area (Å²) in [6, 6.07) is 15.3. The van der Waals surface area contributed by atoms with Gasteiger partial charge in [-0.05, 0) is 37.6 Å². The van der Waals surface area contributed by atoms with Gasteiger partial charge in [-0.3, -0.25) is 0 Å². The molecule has 25 heavy (non-hydrogen) atoms. The number of fused-ring (bicyclic) bond motifs is 1. The topological polar surface area (TPSA) is 64.1 Å². The third kappa shape index (κ3) is 4.12. The number of esters is 1. The fourth-order valence-corrected chi connectivity index (χ4v) is 2.38. The molecule has 3 aromatic rings. The maximum absolute atomic E-state index is 12.5. The van der Waals surface area contributed by atoms with Gasteiger partial charge in [-0.25, -0.2) is 14.8 Å². The molecule has 0 aliphatic carbocycles. The van der Waals surface area contributed by atoms with Gasteiger partial charge >= 0.3 is 5.97 Å². The molecule has 0 saturated carbocycles. The van der Waals surface area contributed by atoms with Crippen LogP contribution in [0, 0.1) is 6.92 Å². The summed E-state index contributed by atoms with van der Waals surface area (Å²) in [5.41, 5.74) is 3.60. The van der Waals surface area contributed by atoms with Gasteiger partial charge < -0.3 is 10.1 Å². The molecule has 128 valence electrons. The molecule has 0 fully saturated rings. The fraction of sp³-hybridized carbons (Fsp3) is 0.250. The van der Waals surface area contributed by atoms with E-state index in [1.807, 2.05) is 62.4 Å². The molecule has 1 aromatic heterocycles. The van der Waals surface area contributed by atoms with E-state index in [2.05, 4.69) is 15.3 Å². The smallest absolute Gasteiger partial charge is 0.360 e. The summed E-state index contributed by atoms with van der Waals surface area (Å²) in [7, 11) is 0. The van der Waals surface area contributed by atoms with Crippen LogP contribution in [0.25, 0.3) is 11.0 Å². The number of hydrogen-bond acceptors (Lipinski definition) is 5. The molecule has 3 rings (SSSR count). The molecule has 0 atom stereocenters. The van der Waals surface area contributed by atoms with Gasteiger partial charge in [-0.2, -0.15) is 0 Å². The molecule has 5 nitrogen and oxygen atoms in total. The van der Waals surface area contributed by atoms with E-state index in [1.54, 1.807) is 0 Å². The molecule has 0 amide bonds. The molecular weight excluding hydrogens is 314 g/mol. The van der Waals surface area contributed by atoms with Crippen molar-refractivity contribution in [1.29, 1.82) is 0 Å². The largest absolute Gasteiger partial charge is 0.461 e. The van der Waals surface area contributed by atoms with Crippen molar-refractivity contribution in [3.63, 3.8) is 0 Å². The number of aromatic nitrogens is 2. The van der Waals surface area contributed by atoms with Crippen molar-refractivity contribution in [2.24, 2.45) is 0 Å². The molecule has 1 heterocycles. The summed E-state index contributed by atoms with van der Waals surface area (Å²) in [6.45, 7) is 4.46. The van der Waals surface area contributed by atoms with Crippen molar-refractivity contribution in [2.75, 3.05) is 11.9 Å². The van der Waals surface area contributed by atoms with Crippen molar-refractivity contribution < 1.29 is 9.53 Å². The maximum Gasteiger partial charge on any atom is 0.360 e. The Kier molecular flexibility index (Phi) is 5.23. The van der Waals surface area contributed by atoms with Crippen LogP contribution in [0.1, 0.15) is 35.8 Å². The molecular formula is C20H21N3O2.